The summed E-state index contributed by atoms with van der Waals surface area (Å²) in [7, 11) is 0. The summed E-state index contributed by atoms with van der Waals surface area (Å²) in [6.45, 7) is 4.50. The van der Waals surface area contributed by atoms with Crippen molar-refractivity contribution in [2.45, 2.75) is 38.3 Å². The second-order valence-corrected chi connectivity index (χ2v) is 8.09. The second kappa shape index (κ2) is 9.06. The van der Waals surface area contributed by atoms with Gasteiger partial charge in [0.2, 0.25) is 5.91 Å². The number of halogens is 1. The zero-order chi connectivity index (χ0) is 20.2. The molecule has 0 aliphatic carbocycles. The summed E-state index contributed by atoms with van der Waals surface area (Å²) in [6, 6.07) is 14.0. The van der Waals surface area contributed by atoms with Crippen molar-refractivity contribution in [3.05, 3.63) is 58.6 Å². The van der Waals surface area contributed by atoms with E-state index in [4.69, 9.17) is 21.1 Å². The molecule has 0 radical (unpaired) electrons. The number of nitrogens with zero attached hydrogens (tertiary/aromatic N) is 1. The summed E-state index contributed by atoms with van der Waals surface area (Å²) in [4.78, 5) is 14.9. The van der Waals surface area contributed by atoms with Gasteiger partial charge >= 0.3 is 0 Å². The summed E-state index contributed by atoms with van der Waals surface area (Å²) < 4.78 is 11.6. The average Bonchev–Trinajstić information content (AvgIpc) is 3.11. The molecule has 1 saturated heterocycles. The third-order valence-corrected chi connectivity index (χ3v) is 5.91. The third kappa shape index (κ3) is 4.68. The molecule has 0 aromatic heterocycles. The molecule has 5 nitrogen and oxygen atoms in total. The molecule has 2 aliphatic heterocycles. The van der Waals surface area contributed by atoms with Crippen molar-refractivity contribution in [3.8, 4) is 11.5 Å². The van der Waals surface area contributed by atoms with Crippen LogP contribution in [0.5, 0.6) is 11.5 Å². The molecule has 1 fully saturated rings. The molecule has 2 aromatic rings. The van der Waals surface area contributed by atoms with E-state index in [0.29, 0.717) is 24.8 Å². The molecule has 2 atom stereocenters. The lowest BCUT2D eigenvalue weighted by molar-refractivity contribution is -0.131. The molecule has 2 heterocycles. The standard InChI is InChI=1S/C23H27ClN2O3/c1-16(17-5-8-19(24)9-6-17)25-15-23(27)26-11-2-4-20(26)18-7-10-21-22(14-18)29-13-3-12-28-21/h5-10,14,16,20,25H,2-4,11-13,15H2,1H3/t16-,20+/m1/s1. The van der Waals surface area contributed by atoms with Crippen LogP contribution in [-0.2, 0) is 4.79 Å². The number of rotatable bonds is 5. The van der Waals surface area contributed by atoms with Crippen LogP contribution in [0.1, 0.15) is 49.4 Å². The molecule has 4 rings (SSSR count). The maximum Gasteiger partial charge on any atom is 0.237 e. The van der Waals surface area contributed by atoms with Gasteiger partial charge in [-0.15, -0.1) is 0 Å². The van der Waals surface area contributed by atoms with Gasteiger partial charge in [-0.2, -0.15) is 0 Å². The molecule has 1 N–H and O–H groups in total. The Morgan fingerprint density at radius 3 is 2.69 bits per heavy atom. The fourth-order valence-corrected chi connectivity index (χ4v) is 4.14. The highest BCUT2D eigenvalue weighted by atomic mass is 35.5. The van der Waals surface area contributed by atoms with E-state index in [1.165, 1.54) is 0 Å². The van der Waals surface area contributed by atoms with Gasteiger partial charge in [-0.25, -0.2) is 0 Å². The first-order chi connectivity index (χ1) is 14.1. The summed E-state index contributed by atoms with van der Waals surface area (Å²) in [5.41, 5.74) is 2.23. The Hall–Kier alpha value is -2.24. The van der Waals surface area contributed by atoms with Gasteiger partial charge in [-0.05, 0) is 55.2 Å². The quantitative estimate of drug-likeness (QED) is 0.781. The number of fused-ring (bicyclic) bond motifs is 1. The van der Waals surface area contributed by atoms with E-state index in [1.54, 1.807) is 0 Å². The van der Waals surface area contributed by atoms with Crippen molar-refractivity contribution in [2.75, 3.05) is 26.3 Å². The first-order valence-corrected chi connectivity index (χ1v) is 10.7. The Balaban J connectivity index is 1.40. The fraction of sp³-hybridized carbons (Fsp3) is 0.435. The van der Waals surface area contributed by atoms with E-state index in [1.807, 2.05) is 41.3 Å². The first-order valence-electron chi connectivity index (χ1n) is 10.3. The van der Waals surface area contributed by atoms with Gasteiger partial charge < -0.3 is 19.7 Å². The lowest BCUT2D eigenvalue weighted by Gasteiger charge is -2.26. The number of ether oxygens (including phenoxy) is 2. The minimum Gasteiger partial charge on any atom is -0.490 e. The van der Waals surface area contributed by atoms with Crippen LogP contribution < -0.4 is 14.8 Å². The summed E-state index contributed by atoms with van der Waals surface area (Å²) in [5.74, 6) is 1.70. The van der Waals surface area contributed by atoms with E-state index in [2.05, 4.69) is 18.3 Å². The first kappa shape index (κ1) is 20.0. The zero-order valence-corrected chi connectivity index (χ0v) is 17.5. The lowest BCUT2D eigenvalue weighted by atomic mass is 10.0. The number of amides is 1. The van der Waals surface area contributed by atoms with E-state index >= 15 is 0 Å². The van der Waals surface area contributed by atoms with Crippen LogP contribution in [0.3, 0.4) is 0 Å². The maximum absolute atomic E-state index is 12.9. The fourth-order valence-electron chi connectivity index (χ4n) is 4.01. The van der Waals surface area contributed by atoms with Crippen LogP contribution in [0.25, 0.3) is 0 Å². The Labute approximate surface area is 176 Å². The minimum absolute atomic E-state index is 0.0790. The Bertz CT molecular complexity index is 856. The third-order valence-electron chi connectivity index (χ3n) is 5.66. The van der Waals surface area contributed by atoms with Crippen LogP contribution in [0.15, 0.2) is 42.5 Å². The Morgan fingerprint density at radius 1 is 1.14 bits per heavy atom. The summed E-state index contributed by atoms with van der Waals surface area (Å²) in [6.07, 6.45) is 2.87. The molecule has 0 unspecified atom stereocenters. The predicted molar refractivity (Wildman–Crippen MR) is 114 cm³/mol. The van der Waals surface area contributed by atoms with Gasteiger partial charge in [0.15, 0.2) is 11.5 Å². The van der Waals surface area contributed by atoms with Gasteiger partial charge in [-0.3, -0.25) is 4.79 Å². The van der Waals surface area contributed by atoms with Crippen molar-refractivity contribution >= 4 is 17.5 Å². The van der Waals surface area contributed by atoms with E-state index in [9.17, 15) is 4.79 Å². The predicted octanol–water partition coefficient (Wildman–Crippen LogP) is 4.52. The van der Waals surface area contributed by atoms with Crippen molar-refractivity contribution in [3.63, 3.8) is 0 Å². The monoisotopic (exact) mass is 414 g/mol. The SMILES string of the molecule is C[C@@H](NCC(=O)N1CCC[C@H]1c1ccc2c(c1)OCCCO2)c1ccc(Cl)cc1. The second-order valence-electron chi connectivity index (χ2n) is 7.66. The lowest BCUT2D eigenvalue weighted by Crippen LogP contribution is -2.38. The van der Waals surface area contributed by atoms with E-state index in [-0.39, 0.29) is 18.0 Å². The van der Waals surface area contributed by atoms with Gasteiger partial charge in [0.1, 0.15) is 0 Å². The van der Waals surface area contributed by atoms with Crippen molar-refractivity contribution < 1.29 is 14.3 Å². The maximum atomic E-state index is 12.9. The van der Waals surface area contributed by atoms with Crippen LogP contribution >= 0.6 is 11.6 Å². The molecule has 1 amide bonds. The molecule has 0 saturated carbocycles. The van der Waals surface area contributed by atoms with Crippen molar-refractivity contribution in [1.82, 2.24) is 10.2 Å². The molecule has 0 spiro atoms. The molecular weight excluding hydrogens is 388 g/mol. The zero-order valence-electron chi connectivity index (χ0n) is 16.7. The number of carbonyl (C=O) groups is 1. The largest absolute Gasteiger partial charge is 0.490 e. The minimum atomic E-state index is 0.0790. The number of benzene rings is 2. The summed E-state index contributed by atoms with van der Waals surface area (Å²) >= 11 is 5.96. The molecule has 2 aliphatic rings. The van der Waals surface area contributed by atoms with Gasteiger partial charge in [-0.1, -0.05) is 29.8 Å². The average molecular weight is 415 g/mol. The topological polar surface area (TPSA) is 50.8 Å². The van der Waals surface area contributed by atoms with Crippen molar-refractivity contribution in [1.29, 1.82) is 0 Å². The number of nitrogens with one attached hydrogen (secondary N) is 1. The van der Waals surface area contributed by atoms with Gasteiger partial charge in [0, 0.05) is 24.0 Å². The van der Waals surface area contributed by atoms with Crippen molar-refractivity contribution in [2.24, 2.45) is 0 Å². The highest BCUT2D eigenvalue weighted by Crippen LogP contribution is 2.37. The van der Waals surface area contributed by atoms with Crippen LogP contribution in [0, 0.1) is 0 Å². The molecular formula is C23H27ClN2O3. The number of carbonyl (C=O) groups excluding carboxylic acids is 1. The van der Waals surface area contributed by atoms with Crippen LogP contribution in [0.2, 0.25) is 5.02 Å². The normalized spacial score (nSPS) is 19.7. The Kier molecular flexibility index (Phi) is 6.26. The molecule has 0 bridgehead atoms. The molecule has 29 heavy (non-hydrogen) atoms. The molecule has 6 heteroatoms. The number of hydrogen-bond acceptors (Lipinski definition) is 4. The van der Waals surface area contributed by atoms with E-state index in [0.717, 1.165) is 48.4 Å². The smallest absolute Gasteiger partial charge is 0.237 e. The van der Waals surface area contributed by atoms with Crippen LogP contribution in [-0.4, -0.2) is 37.1 Å². The molecule has 154 valence electrons. The van der Waals surface area contributed by atoms with Crippen LogP contribution in [0.4, 0.5) is 0 Å². The van der Waals surface area contributed by atoms with Gasteiger partial charge in [0.25, 0.3) is 0 Å². The highest BCUT2D eigenvalue weighted by Gasteiger charge is 2.30. The highest BCUT2D eigenvalue weighted by molar-refractivity contribution is 6.30. The molecule has 2 aromatic carbocycles. The summed E-state index contributed by atoms with van der Waals surface area (Å²) in [5, 5.41) is 4.06. The number of likely N-dealkylation sites (tertiary alicyclic amines) is 1. The Morgan fingerprint density at radius 2 is 1.90 bits per heavy atom. The number of hydrogen-bond donors (Lipinski definition) is 1. The van der Waals surface area contributed by atoms with E-state index < -0.39 is 0 Å². The van der Waals surface area contributed by atoms with Gasteiger partial charge in [0.05, 0.1) is 25.8 Å².